The number of nitrogens with two attached hydrogens (primary N) is 1. The standard InChI is InChI=1S/C20H24N4O4/c1-11-5-14(6-12(2)18(11)27-10-16(25)9-21)19-23-20(28-24-19)15-7-13(3)22-17(8-15)26-4/h5-8,16,25H,9-10,21H2,1-4H3. The minimum atomic E-state index is -0.695. The first-order valence-electron chi connectivity index (χ1n) is 8.90. The molecule has 2 aromatic heterocycles. The molecule has 1 unspecified atom stereocenters. The molecule has 0 fully saturated rings. The topological polar surface area (TPSA) is 117 Å². The molecular formula is C20H24N4O4. The van der Waals surface area contributed by atoms with Crippen molar-refractivity contribution >= 4 is 0 Å². The highest BCUT2D eigenvalue weighted by Gasteiger charge is 2.16. The van der Waals surface area contributed by atoms with Crippen LogP contribution in [0.15, 0.2) is 28.8 Å². The number of aromatic nitrogens is 3. The first-order valence-corrected chi connectivity index (χ1v) is 8.90. The van der Waals surface area contributed by atoms with Gasteiger partial charge in [-0.05, 0) is 50.1 Å². The molecule has 3 aromatic rings. The Morgan fingerprint density at radius 2 is 1.79 bits per heavy atom. The van der Waals surface area contributed by atoms with E-state index in [1.165, 1.54) is 0 Å². The molecule has 148 valence electrons. The summed E-state index contributed by atoms with van der Waals surface area (Å²) in [5.41, 5.74) is 9.59. The van der Waals surface area contributed by atoms with E-state index in [2.05, 4.69) is 15.1 Å². The first kappa shape index (κ1) is 19.8. The highest BCUT2D eigenvalue weighted by Crippen LogP contribution is 2.30. The van der Waals surface area contributed by atoms with Crippen LogP contribution in [-0.4, -0.2) is 46.6 Å². The van der Waals surface area contributed by atoms with Crippen LogP contribution in [0.2, 0.25) is 0 Å². The number of ether oxygens (including phenoxy) is 2. The second-order valence-corrected chi connectivity index (χ2v) is 6.60. The van der Waals surface area contributed by atoms with E-state index in [1.54, 1.807) is 13.2 Å². The van der Waals surface area contributed by atoms with E-state index in [-0.39, 0.29) is 13.2 Å². The molecule has 0 radical (unpaired) electrons. The van der Waals surface area contributed by atoms with Crippen LogP contribution in [0.25, 0.3) is 22.8 Å². The smallest absolute Gasteiger partial charge is 0.258 e. The van der Waals surface area contributed by atoms with Crippen molar-refractivity contribution in [2.45, 2.75) is 26.9 Å². The lowest BCUT2D eigenvalue weighted by atomic mass is 10.1. The van der Waals surface area contributed by atoms with E-state index in [4.69, 9.17) is 19.7 Å². The summed E-state index contributed by atoms with van der Waals surface area (Å²) < 4.78 is 16.4. The third kappa shape index (κ3) is 4.29. The predicted molar refractivity (Wildman–Crippen MR) is 104 cm³/mol. The number of aliphatic hydroxyl groups excluding tert-OH is 1. The number of methoxy groups -OCH3 is 1. The van der Waals surface area contributed by atoms with E-state index < -0.39 is 6.10 Å². The van der Waals surface area contributed by atoms with Gasteiger partial charge in [0.2, 0.25) is 11.7 Å². The molecule has 0 aliphatic rings. The molecule has 8 nitrogen and oxygen atoms in total. The van der Waals surface area contributed by atoms with Crippen LogP contribution in [0.3, 0.4) is 0 Å². The van der Waals surface area contributed by atoms with Gasteiger partial charge in [0.25, 0.3) is 5.89 Å². The Hall–Kier alpha value is -2.97. The van der Waals surface area contributed by atoms with Crippen LogP contribution in [0, 0.1) is 20.8 Å². The van der Waals surface area contributed by atoms with Crippen molar-refractivity contribution in [3.63, 3.8) is 0 Å². The molecule has 2 heterocycles. The predicted octanol–water partition coefficient (Wildman–Crippen LogP) is 2.43. The van der Waals surface area contributed by atoms with Gasteiger partial charge in [-0.3, -0.25) is 0 Å². The summed E-state index contributed by atoms with van der Waals surface area (Å²) >= 11 is 0. The summed E-state index contributed by atoms with van der Waals surface area (Å²) in [4.78, 5) is 8.77. The number of hydrogen-bond donors (Lipinski definition) is 2. The molecule has 0 saturated carbocycles. The lowest BCUT2D eigenvalue weighted by molar-refractivity contribution is 0.113. The fourth-order valence-corrected chi connectivity index (χ4v) is 2.88. The van der Waals surface area contributed by atoms with Crippen LogP contribution >= 0.6 is 0 Å². The van der Waals surface area contributed by atoms with Gasteiger partial charge in [-0.2, -0.15) is 4.98 Å². The fraction of sp³-hybridized carbons (Fsp3) is 0.350. The minimum Gasteiger partial charge on any atom is -0.490 e. The molecule has 1 atom stereocenters. The molecule has 3 N–H and O–H groups in total. The maximum Gasteiger partial charge on any atom is 0.258 e. The summed E-state index contributed by atoms with van der Waals surface area (Å²) in [5.74, 6) is 2.07. The molecule has 0 saturated heterocycles. The van der Waals surface area contributed by atoms with Crippen LogP contribution in [0.4, 0.5) is 0 Å². The summed E-state index contributed by atoms with van der Waals surface area (Å²) in [7, 11) is 1.56. The van der Waals surface area contributed by atoms with E-state index in [0.717, 1.165) is 33.7 Å². The Morgan fingerprint density at radius 3 is 2.43 bits per heavy atom. The molecule has 0 amide bonds. The monoisotopic (exact) mass is 384 g/mol. The van der Waals surface area contributed by atoms with E-state index in [0.29, 0.717) is 17.6 Å². The van der Waals surface area contributed by atoms with Gasteiger partial charge in [0.05, 0.1) is 7.11 Å². The Morgan fingerprint density at radius 1 is 1.07 bits per heavy atom. The summed E-state index contributed by atoms with van der Waals surface area (Å²) in [5, 5.41) is 13.7. The van der Waals surface area contributed by atoms with Crippen LogP contribution in [-0.2, 0) is 0 Å². The van der Waals surface area contributed by atoms with Crippen LogP contribution in [0.5, 0.6) is 11.6 Å². The summed E-state index contributed by atoms with van der Waals surface area (Å²) in [6, 6.07) is 7.45. The SMILES string of the molecule is COc1cc(-c2nc(-c3cc(C)c(OCC(O)CN)c(C)c3)no2)cc(C)n1. The zero-order chi connectivity index (χ0) is 20.3. The van der Waals surface area contributed by atoms with Gasteiger partial charge in [0.15, 0.2) is 0 Å². The molecule has 3 rings (SSSR count). The van der Waals surface area contributed by atoms with Crippen LogP contribution < -0.4 is 15.2 Å². The van der Waals surface area contributed by atoms with Crippen molar-refractivity contribution in [2.24, 2.45) is 5.73 Å². The lowest BCUT2D eigenvalue weighted by Crippen LogP contribution is -2.26. The van der Waals surface area contributed by atoms with Crippen LogP contribution in [0.1, 0.15) is 16.8 Å². The Labute approximate surface area is 163 Å². The number of aryl methyl sites for hydroxylation is 3. The third-order valence-corrected chi connectivity index (χ3v) is 4.22. The highest BCUT2D eigenvalue weighted by atomic mass is 16.5. The largest absolute Gasteiger partial charge is 0.490 e. The number of hydrogen-bond acceptors (Lipinski definition) is 8. The average molecular weight is 384 g/mol. The van der Waals surface area contributed by atoms with Gasteiger partial charge in [-0.15, -0.1) is 0 Å². The molecule has 0 aliphatic heterocycles. The second-order valence-electron chi connectivity index (χ2n) is 6.60. The first-order chi connectivity index (χ1) is 13.4. The fourth-order valence-electron chi connectivity index (χ4n) is 2.88. The Balaban J connectivity index is 1.88. The highest BCUT2D eigenvalue weighted by molar-refractivity contribution is 5.64. The normalized spacial score (nSPS) is 12.1. The molecule has 8 heteroatoms. The van der Waals surface area contributed by atoms with Gasteiger partial charge in [0.1, 0.15) is 18.5 Å². The zero-order valence-corrected chi connectivity index (χ0v) is 16.4. The zero-order valence-electron chi connectivity index (χ0n) is 16.4. The van der Waals surface area contributed by atoms with Gasteiger partial charge in [-0.25, -0.2) is 4.98 Å². The number of rotatable bonds is 7. The molecular weight excluding hydrogens is 360 g/mol. The van der Waals surface area contributed by atoms with Gasteiger partial charge in [0, 0.05) is 29.4 Å². The van der Waals surface area contributed by atoms with Gasteiger partial charge < -0.3 is 24.8 Å². The average Bonchev–Trinajstić information content (AvgIpc) is 3.16. The van der Waals surface area contributed by atoms with E-state index >= 15 is 0 Å². The Bertz CT molecular complexity index is 948. The van der Waals surface area contributed by atoms with Crippen molar-refractivity contribution in [1.82, 2.24) is 15.1 Å². The number of pyridine rings is 1. The quantitative estimate of drug-likeness (QED) is 0.638. The summed E-state index contributed by atoms with van der Waals surface area (Å²) in [6.45, 7) is 6.03. The van der Waals surface area contributed by atoms with Crippen molar-refractivity contribution < 1.29 is 19.1 Å². The maximum atomic E-state index is 9.61. The van der Waals surface area contributed by atoms with E-state index in [1.807, 2.05) is 39.0 Å². The second kappa shape index (κ2) is 8.37. The lowest BCUT2D eigenvalue weighted by Gasteiger charge is -2.15. The molecule has 0 spiro atoms. The molecule has 0 bridgehead atoms. The molecule has 0 aliphatic carbocycles. The molecule has 1 aromatic carbocycles. The Kier molecular flexibility index (Phi) is 5.91. The van der Waals surface area contributed by atoms with Crippen molar-refractivity contribution in [3.05, 3.63) is 41.1 Å². The van der Waals surface area contributed by atoms with Gasteiger partial charge >= 0.3 is 0 Å². The molecule has 28 heavy (non-hydrogen) atoms. The summed E-state index contributed by atoms with van der Waals surface area (Å²) in [6.07, 6.45) is -0.695. The van der Waals surface area contributed by atoms with E-state index in [9.17, 15) is 5.11 Å². The minimum absolute atomic E-state index is 0.146. The third-order valence-electron chi connectivity index (χ3n) is 4.22. The number of nitrogens with zero attached hydrogens (tertiary/aromatic N) is 3. The maximum absolute atomic E-state index is 9.61. The van der Waals surface area contributed by atoms with Crippen molar-refractivity contribution in [1.29, 1.82) is 0 Å². The number of aliphatic hydroxyl groups is 1. The van der Waals surface area contributed by atoms with Crippen molar-refractivity contribution in [3.8, 4) is 34.5 Å². The van der Waals surface area contributed by atoms with Crippen molar-refractivity contribution in [2.75, 3.05) is 20.3 Å². The van der Waals surface area contributed by atoms with Gasteiger partial charge in [-0.1, -0.05) is 5.16 Å². The number of benzene rings is 1.